The molecule has 3 atom stereocenters. The fourth-order valence-corrected chi connectivity index (χ4v) is 1.88. The van der Waals surface area contributed by atoms with E-state index in [1.54, 1.807) is 32.8 Å². The summed E-state index contributed by atoms with van der Waals surface area (Å²) in [4.78, 5) is 1.76. The van der Waals surface area contributed by atoms with Gasteiger partial charge in [-0.25, -0.2) is 0 Å². The second-order valence-electron chi connectivity index (χ2n) is 3.98. The van der Waals surface area contributed by atoms with Crippen LogP contribution in [-0.2, 0) is 0 Å². The van der Waals surface area contributed by atoms with Gasteiger partial charge in [0.25, 0.3) is 0 Å². The van der Waals surface area contributed by atoms with E-state index in [2.05, 4.69) is 0 Å². The molecule has 80 valence electrons. The summed E-state index contributed by atoms with van der Waals surface area (Å²) in [6.45, 7) is 3.18. The van der Waals surface area contributed by atoms with Crippen LogP contribution in [0.3, 0.4) is 0 Å². The number of likely N-dealkylation sites (N-methyl/N-ethyl adjacent to an activating group) is 1. The van der Waals surface area contributed by atoms with E-state index in [-0.39, 0.29) is 19.1 Å². The Balaban J connectivity index is 4.52. The van der Waals surface area contributed by atoms with Gasteiger partial charge in [0, 0.05) is 13.0 Å². The van der Waals surface area contributed by atoms with E-state index >= 15 is 0 Å². The first-order valence-electron chi connectivity index (χ1n) is 4.50. The van der Waals surface area contributed by atoms with Crippen LogP contribution in [0.4, 0.5) is 0 Å². The van der Waals surface area contributed by atoms with E-state index in [9.17, 15) is 10.2 Å². The molecule has 0 bridgehead atoms. The molecule has 4 heteroatoms. The van der Waals surface area contributed by atoms with Crippen molar-refractivity contribution in [3.63, 3.8) is 0 Å². The van der Waals surface area contributed by atoms with Crippen LogP contribution in [0, 0.1) is 0 Å². The molecule has 0 saturated heterocycles. The highest BCUT2D eigenvalue weighted by Gasteiger charge is 2.36. The Labute approximate surface area is 79.8 Å². The van der Waals surface area contributed by atoms with Gasteiger partial charge in [-0.1, -0.05) is 0 Å². The third-order valence-corrected chi connectivity index (χ3v) is 2.27. The first-order valence-corrected chi connectivity index (χ1v) is 4.50. The van der Waals surface area contributed by atoms with Gasteiger partial charge in [0.05, 0.1) is 17.7 Å². The summed E-state index contributed by atoms with van der Waals surface area (Å²) in [7, 11) is 3.59. The third-order valence-electron chi connectivity index (χ3n) is 2.27. The van der Waals surface area contributed by atoms with Crippen molar-refractivity contribution in [3.05, 3.63) is 0 Å². The molecule has 0 spiro atoms. The minimum absolute atomic E-state index is 0.0793. The van der Waals surface area contributed by atoms with Gasteiger partial charge < -0.3 is 20.2 Å². The zero-order chi connectivity index (χ0) is 10.6. The predicted octanol–water partition coefficient (Wildman–Crippen LogP) is -0.569. The van der Waals surface area contributed by atoms with Crippen LogP contribution in [0.25, 0.3) is 0 Å². The Bertz CT molecular complexity index is 138. The van der Waals surface area contributed by atoms with E-state index in [1.165, 1.54) is 0 Å². The van der Waals surface area contributed by atoms with Crippen LogP contribution in [0.5, 0.6) is 0 Å². The molecule has 0 rings (SSSR count). The van der Waals surface area contributed by atoms with E-state index in [4.69, 9.17) is 5.11 Å². The summed E-state index contributed by atoms with van der Waals surface area (Å²) < 4.78 is 0. The molecule has 0 heterocycles. The van der Waals surface area contributed by atoms with Crippen LogP contribution in [0.2, 0.25) is 0 Å². The number of hydrogen-bond acceptors (Lipinski definition) is 4. The van der Waals surface area contributed by atoms with Gasteiger partial charge >= 0.3 is 0 Å². The maximum Gasteiger partial charge on any atom is 0.0820 e. The smallest absolute Gasteiger partial charge is 0.0820 e. The molecule has 4 nitrogen and oxygen atoms in total. The zero-order valence-corrected chi connectivity index (χ0v) is 8.86. The van der Waals surface area contributed by atoms with Crippen molar-refractivity contribution in [2.45, 2.75) is 38.0 Å². The Morgan fingerprint density at radius 1 is 1.38 bits per heavy atom. The monoisotopic (exact) mass is 191 g/mol. The SMILES string of the molecule is C[C@H](O)[C@@H](N(C)C)[C@@](C)(O)CCO. The summed E-state index contributed by atoms with van der Waals surface area (Å²) in [5, 5.41) is 28.2. The Morgan fingerprint density at radius 2 is 1.85 bits per heavy atom. The fraction of sp³-hybridized carbons (Fsp3) is 1.00. The van der Waals surface area contributed by atoms with Crippen LogP contribution in [0.15, 0.2) is 0 Å². The van der Waals surface area contributed by atoms with E-state index in [0.717, 1.165) is 0 Å². The minimum Gasteiger partial charge on any atom is -0.396 e. The second-order valence-corrected chi connectivity index (χ2v) is 3.98. The molecule has 0 aliphatic rings. The summed E-state index contributed by atoms with van der Waals surface area (Å²) in [5.74, 6) is 0. The lowest BCUT2D eigenvalue weighted by molar-refractivity contribution is -0.0775. The summed E-state index contributed by atoms with van der Waals surface area (Å²) in [5.41, 5.74) is -1.06. The molecule has 0 aliphatic carbocycles. The molecule has 3 N–H and O–H groups in total. The maximum atomic E-state index is 9.95. The second kappa shape index (κ2) is 4.91. The lowest BCUT2D eigenvalue weighted by atomic mass is 9.89. The largest absolute Gasteiger partial charge is 0.396 e. The molecule has 13 heavy (non-hydrogen) atoms. The number of aliphatic hydroxyl groups excluding tert-OH is 2. The molecule has 0 aliphatic heterocycles. The lowest BCUT2D eigenvalue weighted by Gasteiger charge is -2.39. The average molecular weight is 191 g/mol. The molecule has 0 unspecified atom stereocenters. The highest BCUT2D eigenvalue weighted by molar-refractivity contribution is 4.90. The Morgan fingerprint density at radius 3 is 2.08 bits per heavy atom. The highest BCUT2D eigenvalue weighted by Crippen LogP contribution is 2.20. The van der Waals surface area contributed by atoms with Crippen molar-refractivity contribution in [2.24, 2.45) is 0 Å². The molecule has 0 radical (unpaired) electrons. The van der Waals surface area contributed by atoms with Crippen molar-refractivity contribution >= 4 is 0 Å². The molecule has 0 saturated carbocycles. The van der Waals surface area contributed by atoms with Gasteiger partial charge in [-0.3, -0.25) is 0 Å². The zero-order valence-electron chi connectivity index (χ0n) is 8.86. The summed E-state index contributed by atoms with van der Waals surface area (Å²) >= 11 is 0. The van der Waals surface area contributed by atoms with Gasteiger partial charge in [-0.2, -0.15) is 0 Å². The summed E-state index contributed by atoms with van der Waals surface area (Å²) in [6.07, 6.45) is -0.364. The molecule has 0 amide bonds. The topological polar surface area (TPSA) is 63.9 Å². The van der Waals surface area contributed by atoms with Crippen LogP contribution >= 0.6 is 0 Å². The van der Waals surface area contributed by atoms with Gasteiger partial charge in [-0.15, -0.1) is 0 Å². The normalized spacial score (nSPS) is 21.2. The van der Waals surface area contributed by atoms with Crippen LogP contribution in [-0.4, -0.2) is 58.7 Å². The minimum atomic E-state index is -1.06. The van der Waals surface area contributed by atoms with Gasteiger partial charge in [0.15, 0.2) is 0 Å². The molecule has 0 fully saturated rings. The Kier molecular flexibility index (Phi) is 4.85. The quantitative estimate of drug-likeness (QED) is 0.544. The molecule has 0 aromatic rings. The fourth-order valence-electron chi connectivity index (χ4n) is 1.88. The molecule has 0 aromatic heterocycles. The predicted molar refractivity (Wildman–Crippen MR) is 51.5 cm³/mol. The van der Waals surface area contributed by atoms with Crippen LogP contribution < -0.4 is 0 Å². The van der Waals surface area contributed by atoms with Crippen LogP contribution in [0.1, 0.15) is 20.3 Å². The lowest BCUT2D eigenvalue weighted by Crippen LogP contribution is -2.54. The van der Waals surface area contributed by atoms with Crippen molar-refractivity contribution < 1.29 is 15.3 Å². The van der Waals surface area contributed by atoms with Crippen molar-refractivity contribution in [2.75, 3.05) is 20.7 Å². The number of nitrogens with zero attached hydrogens (tertiary/aromatic N) is 1. The van der Waals surface area contributed by atoms with E-state index < -0.39 is 11.7 Å². The summed E-state index contributed by atoms with van der Waals surface area (Å²) in [6, 6.07) is -0.361. The molecular weight excluding hydrogens is 170 g/mol. The number of rotatable bonds is 5. The molecule has 0 aromatic carbocycles. The third kappa shape index (κ3) is 3.60. The van der Waals surface area contributed by atoms with Gasteiger partial charge in [0.1, 0.15) is 0 Å². The van der Waals surface area contributed by atoms with Gasteiger partial charge in [-0.05, 0) is 27.9 Å². The number of hydrogen-bond donors (Lipinski definition) is 3. The van der Waals surface area contributed by atoms with Crippen molar-refractivity contribution in [1.82, 2.24) is 4.90 Å². The Hall–Kier alpha value is -0.160. The first kappa shape index (κ1) is 12.8. The first-order chi connectivity index (χ1) is 5.83. The standard InChI is InChI=1S/C9H21NO3/c1-7(12)8(10(3)4)9(2,13)5-6-11/h7-8,11-13H,5-6H2,1-4H3/t7-,8+,9-/m0/s1. The maximum absolute atomic E-state index is 9.95. The number of aliphatic hydroxyl groups is 3. The van der Waals surface area contributed by atoms with Crippen molar-refractivity contribution in [3.8, 4) is 0 Å². The van der Waals surface area contributed by atoms with E-state index in [0.29, 0.717) is 0 Å². The van der Waals surface area contributed by atoms with Gasteiger partial charge in [0.2, 0.25) is 0 Å². The van der Waals surface area contributed by atoms with E-state index in [1.807, 2.05) is 0 Å². The highest BCUT2D eigenvalue weighted by atomic mass is 16.3. The molecular formula is C9H21NO3. The average Bonchev–Trinajstić information content (AvgIpc) is 1.82. The van der Waals surface area contributed by atoms with Crippen molar-refractivity contribution in [1.29, 1.82) is 0 Å².